The Kier molecular flexibility index (Phi) is 8.15. The maximum Gasteiger partial charge on any atom is 0.303 e. The van der Waals surface area contributed by atoms with Crippen molar-refractivity contribution >= 4 is 25.8 Å². The van der Waals surface area contributed by atoms with Crippen LogP contribution in [0.2, 0.25) is 0 Å². The molecule has 2 aliphatic rings. The number of sulfonamides is 1. The van der Waals surface area contributed by atoms with Crippen LogP contribution in [0.5, 0.6) is 0 Å². The number of carboxylic acids is 1. The first-order valence-electron chi connectivity index (χ1n) is 11.2. The number of hydrogen-bond acceptors (Lipinski definition) is 5. The Labute approximate surface area is 185 Å². The van der Waals surface area contributed by atoms with Crippen LogP contribution in [-0.4, -0.2) is 56.3 Å². The Balaban J connectivity index is 1.74. The number of rotatable bonds is 10. The topological polar surface area (TPSA) is 109 Å². The van der Waals surface area contributed by atoms with Crippen LogP contribution < -0.4 is 0 Å². The molecule has 1 saturated heterocycles. The molecular weight excluding hydrogens is 438 g/mol. The van der Waals surface area contributed by atoms with Crippen molar-refractivity contribution in [3.63, 3.8) is 0 Å². The number of benzene rings is 1. The molecule has 0 unspecified atom stereocenters. The number of carboxylic acid groups (broad SMARTS) is 1. The maximum absolute atomic E-state index is 13.4. The summed E-state index contributed by atoms with van der Waals surface area (Å²) in [5.41, 5.74) is 1.17. The normalized spacial score (nSPS) is 22.0. The third kappa shape index (κ3) is 6.52. The summed E-state index contributed by atoms with van der Waals surface area (Å²) in [5.74, 6) is -0.537. The zero-order chi connectivity index (χ0) is 22.5. The van der Waals surface area contributed by atoms with E-state index < -0.39 is 31.9 Å². The minimum atomic E-state index is -3.83. The van der Waals surface area contributed by atoms with Gasteiger partial charge in [0.1, 0.15) is 0 Å². The molecule has 31 heavy (non-hydrogen) atoms. The van der Waals surface area contributed by atoms with Crippen LogP contribution in [0, 0.1) is 0 Å². The Bertz CT molecular complexity index is 950. The number of hydrogen-bond donors (Lipinski definition) is 1. The van der Waals surface area contributed by atoms with Gasteiger partial charge in [0.2, 0.25) is 10.0 Å². The molecule has 3 rings (SSSR count). The molecule has 1 aliphatic carbocycles. The van der Waals surface area contributed by atoms with Crippen LogP contribution in [0.15, 0.2) is 29.2 Å². The summed E-state index contributed by atoms with van der Waals surface area (Å²) < 4.78 is 52.2. The second-order valence-corrected chi connectivity index (χ2v) is 12.9. The largest absolute Gasteiger partial charge is 0.481 e. The lowest BCUT2D eigenvalue weighted by molar-refractivity contribution is -0.137. The molecule has 1 atom stereocenters. The van der Waals surface area contributed by atoms with Crippen LogP contribution in [-0.2, 0) is 24.7 Å². The molecule has 174 valence electrons. The van der Waals surface area contributed by atoms with Crippen molar-refractivity contribution in [2.75, 3.05) is 18.1 Å². The lowest BCUT2D eigenvalue weighted by atomic mass is 9.84. The van der Waals surface area contributed by atoms with E-state index in [0.29, 0.717) is 31.6 Å². The van der Waals surface area contributed by atoms with E-state index >= 15 is 0 Å². The van der Waals surface area contributed by atoms with Crippen molar-refractivity contribution in [2.45, 2.75) is 81.1 Å². The van der Waals surface area contributed by atoms with Crippen molar-refractivity contribution in [1.29, 1.82) is 0 Å². The third-order valence-electron chi connectivity index (χ3n) is 6.45. The van der Waals surface area contributed by atoms with E-state index in [4.69, 9.17) is 5.11 Å². The quantitative estimate of drug-likeness (QED) is 0.523. The highest BCUT2D eigenvalue weighted by Gasteiger charge is 2.38. The predicted molar refractivity (Wildman–Crippen MR) is 119 cm³/mol. The number of sulfone groups is 1. The van der Waals surface area contributed by atoms with E-state index in [1.165, 1.54) is 29.1 Å². The predicted octanol–water partition coefficient (Wildman–Crippen LogP) is 3.56. The van der Waals surface area contributed by atoms with Gasteiger partial charge in [0, 0.05) is 19.0 Å². The molecule has 0 radical (unpaired) electrons. The first-order chi connectivity index (χ1) is 14.7. The molecule has 0 spiro atoms. The SMILES string of the molecule is O=C(O)CCCCCN([C@H]1CCS(=O)(=O)C1)S(=O)(=O)c1ccc(C2CCCCC2)cc1. The summed E-state index contributed by atoms with van der Waals surface area (Å²) in [6, 6.07) is 6.55. The Morgan fingerprint density at radius 2 is 1.68 bits per heavy atom. The molecule has 1 aromatic rings. The van der Waals surface area contributed by atoms with Crippen LogP contribution >= 0.6 is 0 Å². The van der Waals surface area contributed by atoms with E-state index in [-0.39, 0.29) is 29.4 Å². The van der Waals surface area contributed by atoms with Gasteiger partial charge in [0.05, 0.1) is 16.4 Å². The average molecular weight is 472 g/mol. The number of aliphatic carboxylic acids is 1. The molecule has 0 bridgehead atoms. The smallest absolute Gasteiger partial charge is 0.303 e. The zero-order valence-electron chi connectivity index (χ0n) is 17.9. The van der Waals surface area contributed by atoms with E-state index in [1.807, 2.05) is 12.1 Å². The minimum absolute atomic E-state index is 0.00329. The average Bonchev–Trinajstić information content (AvgIpc) is 3.10. The van der Waals surface area contributed by atoms with Gasteiger partial charge in [-0.05, 0) is 55.7 Å². The number of nitrogens with zero attached hydrogens (tertiary/aromatic N) is 1. The molecule has 9 heteroatoms. The van der Waals surface area contributed by atoms with Gasteiger partial charge in [-0.3, -0.25) is 4.79 Å². The second-order valence-electron chi connectivity index (χ2n) is 8.78. The zero-order valence-corrected chi connectivity index (χ0v) is 19.5. The first-order valence-corrected chi connectivity index (χ1v) is 14.5. The van der Waals surface area contributed by atoms with Gasteiger partial charge in [-0.1, -0.05) is 37.8 Å². The Morgan fingerprint density at radius 1 is 1.00 bits per heavy atom. The lowest BCUT2D eigenvalue weighted by Crippen LogP contribution is -2.41. The van der Waals surface area contributed by atoms with Gasteiger partial charge in [-0.15, -0.1) is 0 Å². The van der Waals surface area contributed by atoms with E-state index in [0.717, 1.165) is 12.8 Å². The number of carbonyl (C=O) groups is 1. The van der Waals surface area contributed by atoms with E-state index in [1.54, 1.807) is 12.1 Å². The number of unbranched alkanes of at least 4 members (excludes halogenated alkanes) is 2. The maximum atomic E-state index is 13.4. The molecular formula is C22H33NO6S2. The van der Waals surface area contributed by atoms with Crippen molar-refractivity contribution in [3.05, 3.63) is 29.8 Å². The standard InChI is InChI=1S/C22H33NO6S2/c24-22(25)9-5-2-6-15-23(20-14-16-30(26,27)17-20)31(28,29)21-12-10-19(11-13-21)18-7-3-1-4-8-18/h10-13,18,20H,1-9,14-17H2,(H,24,25)/t20-/m0/s1. The highest BCUT2D eigenvalue weighted by atomic mass is 32.2. The highest BCUT2D eigenvalue weighted by molar-refractivity contribution is 7.92. The van der Waals surface area contributed by atoms with Crippen LogP contribution in [0.3, 0.4) is 0 Å². The minimum Gasteiger partial charge on any atom is -0.481 e. The Hall–Kier alpha value is -1.45. The summed E-state index contributed by atoms with van der Waals surface area (Å²) in [6.45, 7) is 0.201. The van der Waals surface area contributed by atoms with E-state index in [9.17, 15) is 21.6 Å². The van der Waals surface area contributed by atoms with Gasteiger partial charge in [0.25, 0.3) is 0 Å². The monoisotopic (exact) mass is 471 g/mol. The van der Waals surface area contributed by atoms with Crippen LogP contribution in [0.4, 0.5) is 0 Å². The van der Waals surface area contributed by atoms with Gasteiger partial charge in [0.15, 0.2) is 9.84 Å². The molecule has 0 amide bonds. The Morgan fingerprint density at radius 3 is 2.26 bits per heavy atom. The fourth-order valence-corrected chi connectivity index (χ4v) is 8.22. The lowest BCUT2D eigenvalue weighted by Gasteiger charge is -2.28. The molecule has 1 heterocycles. The van der Waals surface area contributed by atoms with Crippen molar-refractivity contribution < 1.29 is 26.7 Å². The first kappa shape index (κ1) is 24.2. The molecule has 0 aromatic heterocycles. The van der Waals surface area contributed by atoms with Crippen LogP contribution in [0.1, 0.15) is 75.7 Å². The van der Waals surface area contributed by atoms with Gasteiger partial charge in [-0.25, -0.2) is 16.8 Å². The molecule has 2 fully saturated rings. The molecule has 1 aromatic carbocycles. The summed E-state index contributed by atoms with van der Waals surface area (Å²) >= 11 is 0. The van der Waals surface area contributed by atoms with E-state index in [2.05, 4.69) is 0 Å². The summed E-state index contributed by atoms with van der Waals surface area (Å²) in [5, 5.41) is 8.77. The molecule has 1 N–H and O–H groups in total. The molecule has 1 saturated carbocycles. The fraction of sp³-hybridized carbons (Fsp3) is 0.682. The summed E-state index contributed by atoms with van der Waals surface area (Å²) in [7, 11) is -7.07. The fourth-order valence-electron chi connectivity index (χ4n) is 4.71. The third-order valence-corrected chi connectivity index (χ3v) is 10.2. The van der Waals surface area contributed by atoms with Gasteiger partial charge in [-0.2, -0.15) is 4.31 Å². The van der Waals surface area contributed by atoms with Crippen molar-refractivity contribution in [3.8, 4) is 0 Å². The van der Waals surface area contributed by atoms with Gasteiger partial charge >= 0.3 is 5.97 Å². The summed E-state index contributed by atoms with van der Waals surface area (Å²) in [4.78, 5) is 10.9. The molecule has 7 nitrogen and oxygen atoms in total. The van der Waals surface area contributed by atoms with Gasteiger partial charge < -0.3 is 5.11 Å². The highest BCUT2D eigenvalue weighted by Crippen LogP contribution is 2.33. The van der Waals surface area contributed by atoms with Crippen LogP contribution in [0.25, 0.3) is 0 Å². The van der Waals surface area contributed by atoms with Crippen molar-refractivity contribution in [1.82, 2.24) is 4.31 Å². The molecule has 1 aliphatic heterocycles. The second kappa shape index (κ2) is 10.4. The van der Waals surface area contributed by atoms with Crippen molar-refractivity contribution in [2.24, 2.45) is 0 Å². The summed E-state index contributed by atoms with van der Waals surface area (Å²) in [6.07, 6.45) is 7.85.